The van der Waals surface area contributed by atoms with Crippen LogP contribution in [0, 0.1) is 5.92 Å². The minimum atomic E-state index is 0.554. The van der Waals surface area contributed by atoms with Crippen molar-refractivity contribution in [1.29, 1.82) is 0 Å². The van der Waals surface area contributed by atoms with E-state index in [4.69, 9.17) is 0 Å². The molecule has 1 fully saturated rings. The van der Waals surface area contributed by atoms with Gasteiger partial charge in [0, 0.05) is 41.5 Å². The smallest absolute Gasteiger partial charge is 0.142 e. The fourth-order valence-electron chi connectivity index (χ4n) is 3.87. The summed E-state index contributed by atoms with van der Waals surface area (Å²) in [5.41, 5.74) is 1.98. The molecule has 0 radical (unpaired) electrons. The highest BCUT2D eigenvalue weighted by molar-refractivity contribution is 7.99. The highest BCUT2D eigenvalue weighted by atomic mass is 32.2. The quantitative estimate of drug-likeness (QED) is 0.520. The summed E-state index contributed by atoms with van der Waals surface area (Å²) < 4.78 is 0. The van der Waals surface area contributed by atoms with E-state index in [1.807, 2.05) is 30.2 Å². The van der Waals surface area contributed by atoms with Gasteiger partial charge in [0.1, 0.15) is 17.8 Å². The number of aromatic amines is 1. The van der Waals surface area contributed by atoms with E-state index >= 15 is 0 Å². The van der Waals surface area contributed by atoms with Gasteiger partial charge in [-0.05, 0) is 43.0 Å². The number of thioether (sulfide) groups is 1. The second-order valence-corrected chi connectivity index (χ2v) is 8.24. The van der Waals surface area contributed by atoms with Crippen molar-refractivity contribution >= 4 is 39.5 Å². The van der Waals surface area contributed by atoms with Gasteiger partial charge in [-0.25, -0.2) is 9.97 Å². The van der Waals surface area contributed by atoms with E-state index in [2.05, 4.69) is 62.2 Å². The molecule has 0 bridgehead atoms. The van der Waals surface area contributed by atoms with Crippen LogP contribution in [0.2, 0.25) is 0 Å². The van der Waals surface area contributed by atoms with Crippen molar-refractivity contribution in [3.63, 3.8) is 0 Å². The lowest BCUT2D eigenvalue weighted by Crippen LogP contribution is -2.43. The fourth-order valence-corrected chi connectivity index (χ4v) is 5.06. The zero-order valence-electron chi connectivity index (χ0n) is 15.2. The lowest BCUT2D eigenvalue weighted by molar-refractivity contribution is 0.286. The zero-order chi connectivity index (χ0) is 18.2. The van der Waals surface area contributed by atoms with Crippen molar-refractivity contribution in [3.8, 4) is 0 Å². The Balaban J connectivity index is 1.23. The molecule has 0 saturated heterocycles. The summed E-state index contributed by atoms with van der Waals surface area (Å²) in [5, 5.41) is 2.36. The number of hydrogen-bond donors (Lipinski definition) is 1. The molecule has 4 aromatic rings. The predicted molar refractivity (Wildman–Crippen MR) is 111 cm³/mol. The normalized spacial score (nSPS) is 19.3. The van der Waals surface area contributed by atoms with Crippen molar-refractivity contribution < 1.29 is 0 Å². The van der Waals surface area contributed by atoms with Crippen LogP contribution in [-0.4, -0.2) is 38.8 Å². The van der Waals surface area contributed by atoms with Gasteiger partial charge in [0.25, 0.3) is 0 Å². The Morgan fingerprint density at radius 3 is 2.93 bits per heavy atom. The summed E-state index contributed by atoms with van der Waals surface area (Å²) >= 11 is 1.96. The number of fused-ring (bicyclic) bond motifs is 2. The minimum Gasteiger partial charge on any atom is -0.356 e. The minimum absolute atomic E-state index is 0.554. The average molecular weight is 376 g/mol. The Bertz CT molecular complexity index is 1080. The molecule has 1 aromatic carbocycles. The third kappa shape index (κ3) is 3.04. The topological polar surface area (TPSA) is 57.7 Å². The van der Waals surface area contributed by atoms with Gasteiger partial charge >= 0.3 is 0 Å². The maximum atomic E-state index is 4.52. The second kappa shape index (κ2) is 6.85. The fraction of sp³-hybridized carbons (Fsp3) is 0.286. The highest BCUT2D eigenvalue weighted by Crippen LogP contribution is 2.39. The summed E-state index contributed by atoms with van der Waals surface area (Å²) in [5.74, 6) is 2.93. The van der Waals surface area contributed by atoms with Gasteiger partial charge in [-0.3, -0.25) is 4.98 Å². The predicted octanol–water partition coefficient (Wildman–Crippen LogP) is 4.51. The molecule has 6 heteroatoms. The monoisotopic (exact) mass is 375 g/mol. The number of nitrogens with zero attached hydrogens (tertiary/aromatic N) is 4. The van der Waals surface area contributed by atoms with E-state index in [1.165, 1.54) is 23.1 Å². The van der Waals surface area contributed by atoms with Crippen molar-refractivity contribution in [2.75, 3.05) is 17.7 Å². The highest BCUT2D eigenvalue weighted by Gasteiger charge is 2.33. The molecule has 5 rings (SSSR count). The third-order valence-corrected chi connectivity index (χ3v) is 6.81. The summed E-state index contributed by atoms with van der Waals surface area (Å²) in [6.45, 7) is 0. The van der Waals surface area contributed by atoms with Gasteiger partial charge in [-0.1, -0.05) is 12.1 Å². The summed E-state index contributed by atoms with van der Waals surface area (Å²) in [4.78, 5) is 20.1. The first-order chi connectivity index (χ1) is 13.3. The van der Waals surface area contributed by atoms with Crippen molar-refractivity contribution in [2.24, 2.45) is 5.92 Å². The van der Waals surface area contributed by atoms with Gasteiger partial charge in [0.05, 0.1) is 10.9 Å². The number of hydrogen-bond acceptors (Lipinski definition) is 5. The largest absolute Gasteiger partial charge is 0.356 e. The summed E-state index contributed by atoms with van der Waals surface area (Å²) in [7, 11) is 2.15. The molecule has 3 heterocycles. The van der Waals surface area contributed by atoms with Crippen LogP contribution in [0.1, 0.15) is 12.8 Å². The first-order valence-corrected chi connectivity index (χ1v) is 10.3. The van der Waals surface area contributed by atoms with Gasteiger partial charge < -0.3 is 9.88 Å². The SMILES string of the molecule is CN(c1ncnc2[nH]ccc12)C1CC(CSc2cccc3ncccc23)C1. The van der Waals surface area contributed by atoms with Crippen LogP contribution in [0.3, 0.4) is 0 Å². The molecule has 5 nitrogen and oxygen atoms in total. The van der Waals surface area contributed by atoms with E-state index < -0.39 is 0 Å². The molecule has 0 spiro atoms. The van der Waals surface area contributed by atoms with E-state index in [0.29, 0.717) is 6.04 Å². The maximum absolute atomic E-state index is 4.52. The van der Waals surface area contributed by atoms with E-state index in [0.717, 1.165) is 34.0 Å². The summed E-state index contributed by atoms with van der Waals surface area (Å²) in [6.07, 6.45) is 7.85. The molecule has 1 saturated carbocycles. The van der Waals surface area contributed by atoms with Crippen LogP contribution in [0.5, 0.6) is 0 Å². The van der Waals surface area contributed by atoms with E-state index in [1.54, 1.807) is 6.33 Å². The van der Waals surface area contributed by atoms with E-state index in [9.17, 15) is 0 Å². The first-order valence-electron chi connectivity index (χ1n) is 9.27. The Morgan fingerprint density at radius 2 is 2.00 bits per heavy atom. The molecule has 0 amide bonds. The van der Waals surface area contributed by atoms with Crippen molar-refractivity contribution in [2.45, 2.75) is 23.8 Å². The van der Waals surface area contributed by atoms with Gasteiger partial charge in [-0.2, -0.15) is 0 Å². The van der Waals surface area contributed by atoms with E-state index in [-0.39, 0.29) is 0 Å². The Morgan fingerprint density at radius 1 is 1.07 bits per heavy atom. The van der Waals surface area contributed by atoms with Gasteiger partial charge in [-0.15, -0.1) is 11.8 Å². The molecular weight excluding hydrogens is 354 g/mol. The lowest BCUT2D eigenvalue weighted by Gasteiger charge is -2.41. The molecule has 1 aliphatic rings. The third-order valence-electron chi connectivity index (χ3n) is 5.51. The lowest BCUT2D eigenvalue weighted by atomic mass is 9.81. The molecule has 3 aromatic heterocycles. The molecule has 0 atom stereocenters. The van der Waals surface area contributed by atoms with Crippen molar-refractivity contribution in [3.05, 3.63) is 55.1 Å². The standard InChI is InChI=1S/C21H21N5S/c1-26(21-17-7-9-23-20(17)24-13-25-21)15-10-14(11-15)12-27-19-6-2-5-18-16(19)4-3-8-22-18/h2-9,13-15H,10-12H2,1H3,(H,23,24,25). The van der Waals surface area contributed by atoms with Crippen LogP contribution in [-0.2, 0) is 0 Å². The molecule has 27 heavy (non-hydrogen) atoms. The van der Waals surface area contributed by atoms with Gasteiger partial charge in [0.2, 0.25) is 0 Å². The molecule has 1 aliphatic carbocycles. The molecule has 136 valence electrons. The van der Waals surface area contributed by atoms with Crippen LogP contribution in [0.4, 0.5) is 5.82 Å². The maximum Gasteiger partial charge on any atom is 0.142 e. The zero-order valence-corrected chi connectivity index (χ0v) is 16.0. The number of benzene rings is 1. The average Bonchev–Trinajstić information content (AvgIpc) is 3.15. The number of aromatic nitrogens is 4. The number of anilines is 1. The van der Waals surface area contributed by atoms with Crippen molar-refractivity contribution in [1.82, 2.24) is 19.9 Å². The Kier molecular flexibility index (Phi) is 4.20. The van der Waals surface area contributed by atoms with Crippen LogP contribution in [0.25, 0.3) is 21.9 Å². The Hall–Kier alpha value is -2.60. The molecule has 0 aliphatic heterocycles. The Labute approximate surface area is 162 Å². The van der Waals surface area contributed by atoms with Crippen LogP contribution >= 0.6 is 11.8 Å². The van der Waals surface area contributed by atoms with Crippen LogP contribution < -0.4 is 4.90 Å². The first kappa shape index (κ1) is 16.6. The van der Waals surface area contributed by atoms with Crippen LogP contribution in [0.15, 0.2) is 60.0 Å². The number of rotatable bonds is 5. The summed E-state index contributed by atoms with van der Waals surface area (Å²) in [6, 6.07) is 13.2. The number of H-pyrrole nitrogens is 1. The number of nitrogens with one attached hydrogen (secondary N) is 1. The molecular formula is C21H21N5S. The molecule has 0 unspecified atom stereocenters. The second-order valence-electron chi connectivity index (χ2n) is 7.18. The number of pyridine rings is 1. The van der Waals surface area contributed by atoms with Gasteiger partial charge in [0.15, 0.2) is 0 Å². The molecule has 1 N–H and O–H groups in total.